The van der Waals surface area contributed by atoms with Crippen molar-refractivity contribution in [1.29, 1.82) is 0 Å². The van der Waals surface area contributed by atoms with Gasteiger partial charge in [0, 0.05) is 23.7 Å². The molecule has 0 aliphatic heterocycles. The number of aryl methyl sites for hydroxylation is 1. The predicted octanol–water partition coefficient (Wildman–Crippen LogP) is 5.45. The van der Waals surface area contributed by atoms with Crippen LogP contribution in [-0.4, -0.2) is 25.2 Å². The maximum Gasteiger partial charge on any atom is 0.243 e. The van der Waals surface area contributed by atoms with Crippen LogP contribution in [0.2, 0.25) is 5.02 Å². The number of benzene rings is 4. The van der Waals surface area contributed by atoms with E-state index in [9.17, 15) is 17.6 Å². The number of carbonyl (C=O) groups is 1. The molecule has 5 nitrogen and oxygen atoms in total. The molecule has 0 saturated carbocycles. The first-order chi connectivity index (χ1) is 16.8. The van der Waals surface area contributed by atoms with Crippen LogP contribution < -0.4 is 5.32 Å². The Morgan fingerprint density at radius 2 is 1.63 bits per heavy atom. The van der Waals surface area contributed by atoms with Crippen molar-refractivity contribution < 1.29 is 17.6 Å². The molecule has 0 spiro atoms. The van der Waals surface area contributed by atoms with Gasteiger partial charge in [-0.25, -0.2) is 12.8 Å². The zero-order chi connectivity index (χ0) is 25.0. The summed E-state index contributed by atoms with van der Waals surface area (Å²) in [6, 6.07) is 24.0. The van der Waals surface area contributed by atoms with Crippen molar-refractivity contribution in [3.63, 3.8) is 0 Å². The Bertz CT molecular complexity index is 1450. The quantitative estimate of drug-likeness (QED) is 0.343. The lowest BCUT2D eigenvalue weighted by molar-refractivity contribution is -0.121. The molecular weight excluding hydrogens is 487 g/mol. The lowest BCUT2D eigenvalue weighted by atomic mass is 10.0. The fraction of sp³-hybridized carbons (Fsp3) is 0.148. The molecule has 4 rings (SSSR count). The highest BCUT2D eigenvalue weighted by molar-refractivity contribution is 7.89. The Balaban J connectivity index is 1.59. The van der Waals surface area contributed by atoms with Gasteiger partial charge in [0.05, 0.1) is 11.4 Å². The fourth-order valence-corrected chi connectivity index (χ4v) is 5.39. The first-order valence-corrected chi connectivity index (χ1v) is 12.8. The summed E-state index contributed by atoms with van der Waals surface area (Å²) in [5, 5.41) is 4.92. The minimum atomic E-state index is -4.12. The third-order valence-corrected chi connectivity index (χ3v) is 7.89. The molecule has 0 unspecified atom stereocenters. The summed E-state index contributed by atoms with van der Waals surface area (Å²) in [4.78, 5) is 12.9. The van der Waals surface area contributed by atoms with Gasteiger partial charge in [0.2, 0.25) is 15.9 Å². The molecule has 4 aromatic rings. The Hall–Kier alpha value is -3.26. The van der Waals surface area contributed by atoms with Crippen LogP contribution in [0.5, 0.6) is 0 Å². The summed E-state index contributed by atoms with van der Waals surface area (Å²) in [7, 11) is -4.12. The first kappa shape index (κ1) is 24.9. The predicted molar refractivity (Wildman–Crippen MR) is 136 cm³/mol. The number of rotatable bonds is 8. The molecule has 180 valence electrons. The van der Waals surface area contributed by atoms with E-state index in [4.69, 9.17) is 11.6 Å². The number of hydrogen-bond donors (Lipinski definition) is 1. The summed E-state index contributed by atoms with van der Waals surface area (Å²) in [5.41, 5.74) is 1.80. The van der Waals surface area contributed by atoms with E-state index in [-0.39, 0.29) is 28.6 Å². The molecule has 0 bridgehead atoms. The third-order valence-electron chi connectivity index (χ3n) is 5.73. The number of nitrogens with zero attached hydrogens (tertiary/aromatic N) is 1. The second-order valence-electron chi connectivity index (χ2n) is 8.20. The monoisotopic (exact) mass is 510 g/mol. The van der Waals surface area contributed by atoms with Crippen LogP contribution in [0.3, 0.4) is 0 Å². The summed E-state index contributed by atoms with van der Waals surface area (Å²) in [5.74, 6) is -1.15. The molecule has 8 heteroatoms. The molecule has 0 aliphatic carbocycles. The maximum absolute atomic E-state index is 14.5. The van der Waals surface area contributed by atoms with Crippen molar-refractivity contribution in [1.82, 2.24) is 9.62 Å². The Kier molecular flexibility index (Phi) is 7.50. The molecule has 0 radical (unpaired) electrons. The third kappa shape index (κ3) is 5.70. The van der Waals surface area contributed by atoms with Gasteiger partial charge in [0.15, 0.2) is 0 Å². The molecule has 1 N–H and O–H groups in total. The number of fused-ring (bicyclic) bond motifs is 1. The van der Waals surface area contributed by atoms with E-state index < -0.39 is 28.3 Å². The lowest BCUT2D eigenvalue weighted by Crippen LogP contribution is -2.40. The van der Waals surface area contributed by atoms with E-state index in [0.29, 0.717) is 0 Å². The molecular formula is C27H24ClFN2O3S. The van der Waals surface area contributed by atoms with Gasteiger partial charge in [0.1, 0.15) is 5.82 Å². The number of hydrogen-bond acceptors (Lipinski definition) is 3. The molecule has 0 aliphatic rings. The van der Waals surface area contributed by atoms with Crippen molar-refractivity contribution in [2.24, 2.45) is 0 Å². The van der Waals surface area contributed by atoms with Crippen LogP contribution in [-0.2, 0) is 27.9 Å². The van der Waals surface area contributed by atoms with Gasteiger partial charge in [0.25, 0.3) is 0 Å². The second-order valence-corrected chi connectivity index (χ2v) is 10.5. The van der Waals surface area contributed by atoms with Crippen molar-refractivity contribution in [3.05, 3.63) is 112 Å². The van der Waals surface area contributed by atoms with E-state index in [1.165, 1.54) is 30.3 Å². The Labute approximate surface area is 209 Å². The largest absolute Gasteiger partial charge is 0.351 e. The minimum absolute atomic E-state index is 0.00621. The SMILES string of the molecule is Cc1ccc(S(=O)(=O)N(CC(=O)NCc2cccc3ccccc23)Cc2c(F)cccc2Cl)cc1. The molecule has 4 aromatic carbocycles. The number of amides is 1. The molecule has 0 aromatic heterocycles. The first-order valence-electron chi connectivity index (χ1n) is 11.0. The molecule has 35 heavy (non-hydrogen) atoms. The summed E-state index contributed by atoms with van der Waals surface area (Å²) >= 11 is 6.16. The van der Waals surface area contributed by atoms with Crippen LogP contribution >= 0.6 is 11.6 Å². The maximum atomic E-state index is 14.5. The van der Waals surface area contributed by atoms with Crippen LogP contribution in [0, 0.1) is 12.7 Å². The topological polar surface area (TPSA) is 66.5 Å². The van der Waals surface area contributed by atoms with Crippen molar-refractivity contribution >= 4 is 38.3 Å². The zero-order valence-corrected chi connectivity index (χ0v) is 20.6. The van der Waals surface area contributed by atoms with E-state index in [1.54, 1.807) is 12.1 Å². The lowest BCUT2D eigenvalue weighted by Gasteiger charge is -2.23. The van der Waals surface area contributed by atoms with Gasteiger partial charge < -0.3 is 5.32 Å². The summed E-state index contributed by atoms with van der Waals surface area (Å²) in [6.45, 7) is 1.18. The average Bonchev–Trinajstić information content (AvgIpc) is 2.84. The Morgan fingerprint density at radius 1 is 0.943 bits per heavy atom. The summed E-state index contributed by atoms with van der Waals surface area (Å²) in [6.07, 6.45) is 0. The highest BCUT2D eigenvalue weighted by Gasteiger charge is 2.28. The van der Waals surface area contributed by atoms with Crippen LogP contribution in [0.25, 0.3) is 10.8 Å². The van der Waals surface area contributed by atoms with Gasteiger partial charge in [-0.2, -0.15) is 4.31 Å². The van der Waals surface area contributed by atoms with Crippen LogP contribution in [0.15, 0.2) is 89.8 Å². The Morgan fingerprint density at radius 3 is 2.37 bits per heavy atom. The smallest absolute Gasteiger partial charge is 0.243 e. The number of sulfonamides is 1. The zero-order valence-electron chi connectivity index (χ0n) is 19.0. The number of carbonyl (C=O) groups excluding carboxylic acids is 1. The number of halogens is 2. The van der Waals surface area contributed by atoms with E-state index in [0.717, 1.165) is 26.2 Å². The highest BCUT2D eigenvalue weighted by atomic mass is 35.5. The second kappa shape index (κ2) is 10.6. The highest BCUT2D eigenvalue weighted by Crippen LogP contribution is 2.25. The molecule has 0 atom stereocenters. The van der Waals surface area contributed by atoms with Gasteiger partial charge >= 0.3 is 0 Å². The molecule has 0 fully saturated rings. The van der Waals surface area contributed by atoms with E-state index in [2.05, 4.69) is 5.32 Å². The van der Waals surface area contributed by atoms with E-state index >= 15 is 0 Å². The fourth-order valence-electron chi connectivity index (χ4n) is 3.80. The van der Waals surface area contributed by atoms with Crippen molar-refractivity contribution in [3.8, 4) is 0 Å². The standard InChI is InChI=1S/C27H24ClFN2O3S/c1-19-12-14-22(15-13-19)35(33,34)31(17-24-25(28)10-5-11-26(24)29)18-27(32)30-16-21-8-4-7-20-6-2-3-9-23(20)21/h2-15H,16-18H2,1H3,(H,30,32). The van der Waals surface area contributed by atoms with Gasteiger partial charge in [-0.15, -0.1) is 0 Å². The van der Waals surface area contributed by atoms with Crippen molar-refractivity contribution in [2.75, 3.05) is 6.54 Å². The molecule has 0 saturated heterocycles. The molecule has 0 heterocycles. The molecule has 1 amide bonds. The normalized spacial score (nSPS) is 11.7. The number of nitrogens with one attached hydrogen (secondary N) is 1. The van der Waals surface area contributed by atoms with Crippen LogP contribution in [0.1, 0.15) is 16.7 Å². The minimum Gasteiger partial charge on any atom is -0.351 e. The summed E-state index contributed by atoms with van der Waals surface area (Å²) < 4.78 is 42.3. The van der Waals surface area contributed by atoms with Crippen molar-refractivity contribution in [2.45, 2.75) is 24.9 Å². The van der Waals surface area contributed by atoms with Gasteiger partial charge in [-0.05, 0) is 47.5 Å². The average molecular weight is 511 g/mol. The van der Waals surface area contributed by atoms with Gasteiger partial charge in [-0.1, -0.05) is 77.8 Å². The van der Waals surface area contributed by atoms with Gasteiger partial charge in [-0.3, -0.25) is 4.79 Å². The van der Waals surface area contributed by atoms with E-state index in [1.807, 2.05) is 49.4 Å². The van der Waals surface area contributed by atoms with Crippen LogP contribution in [0.4, 0.5) is 4.39 Å².